The van der Waals surface area contributed by atoms with Crippen molar-refractivity contribution >= 4 is 5.91 Å². The third-order valence-electron chi connectivity index (χ3n) is 4.32. The van der Waals surface area contributed by atoms with Gasteiger partial charge >= 0.3 is 0 Å². The molecule has 2 aliphatic heterocycles. The van der Waals surface area contributed by atoms with Gasteiger partial charge in [-0.1, -0.05) is 12.2 Å². The number of hydrogen-bond acceptors (Lipinski definition) is 3. The third-order valence-corrected chi connectivity index (χ3v) is 4.32. The number of fused-ring (bicyclic) bond motifs is 1. The number of morpholine rings is 1. The Bertz CT molecular complexity index is 348. The van der Waals surface area contributed by atoms with Crippen molar-refractivity contribution in [3.05, 3.63) is 12.2 Å². The van der Waals surface area contributed by atoms with Gasteiger partial charge in [0.2, 0.25) is 5.91 Å². The molecule has 0 spiro atoms. The van der Waals surface area contributed by atoms with E-state index < -0.39 is 0 Å². The van der Waals surface area contributed by atoms with E-state index in [0.29, 0.717) is 18.2 Å². The number of ether oxygens (including phenoxy) is 1. The van der Waals surface area contributed by atoms with Gasteiger partial charge in [0, 0.05) is 31.1 Å². The van der Waals surface area contributed by atoms with Gasteiger partial charge in [-0.3, -0.25) is 9.69 Å². The number of carbonyl (C=O) groups is 1. The largest absolute Gasteiger partial charge is 0.376 e. The Kier molecular flexibility index (Phi) is 3.39. The monoisotopic (exact) mass is 250 g/mol. The van der Waals surface area contributed by atoms with Crippen molar-refractivity contribution in [2.45, 2.75) is 44.4 Å². The minimum atomic E-state index is 0.179. The maximum Gasteiger partial charge on any atom is 0.223 e. The SMILES string of the molecule is C[C@@H]1CN2C[C@H](NC(=O)C3CC=CC3)C[C@H]2CO1. The first kappa shape index (κ1) is 12.2. The molecule has 0 radical (unpaired) electrons. The molecule has 1 amide bonds. The van der Waals surface area contributed by atoms with Gasteiger partial charge in [0.25, 0.3) is 0 Å². The zero-order valence-corrected chi connectivity index (χ0v) is 11.0. The fourth-order valence-electron chi connectivity index (χ4n) is 3.29. The molecule has 100 valence electrons. The van der Waals surface area contributed by atoms with Crippen LogP contribution in [0, 0.1) is 5.92 Å². The molecule has 3 rings (SSSR count). The zero-order valence-electron chi connectivity index (χ0n) is 11.0. The van der Waals surface area contributed by atoms with Crippen molar-refractivity contribution in [2.24, 2.45) is 5.92 Å². The number of carbonyl (C=O) groups excluding carboxylic acids is 1. The average molecular weight is 250 g/mol. The number of amides is 1. The van der Waals surface area contributed by atoms with Crippen LogP contribution in [0.5, 0.6) is 0 Å². The summed E-state index contributed by atoms with van der Waals surface area (Å²) >= 11 is 0. The molecule has 4 heteroatoms. The highest BCUT2D eigenvalue weighted by atomic mass is 16.5. The minimum Gasteiger partial charge on any atom is -0.376 e. The van der Waals surface area contributed by atoms with Crippen molar-refractivity contribution in [3.63, 3.8) is 0 Å². The molecule has 2 heterocycles. The molecule has 1 aliphatic carbocycles. The first-order valence-electron chi connectivity index (χ1n) is 7.03. The Labute approximate surface area is 108 Å². The van der Waals surface area contributed by atoms with E-state index >= 15 is 0 Å². The highest BCUT2D eigenvalue weighted by Gasteiger charge is 2.37. The van der Waals surface area contributed by atoms with Crippen molar-refractivity contribution in [2.75, 3.05) is 19.7 Å². The van der Waals surface area contributed by atoms with Crippen LogP contribution < -0.4 is 5.32 Å². The Morgan fingerprint density at radius 1 is 1.33 bits per heavy atom. The molecule has 0 unspecified atom stereocenters. The fraction of sp³-hybridized carbons (Fsp3) is 0.786. The predicted octanol–water partition coefficient (Wildman–Crippen LogP) is 0.930. The summed E-state index contributed by atoms with van der Waals surface area (Å²) in [6.45, 7) is 4.93. The molecule has 0 bridgehead atoms. The lowest BCUT2D eigenvalue weighted by Crippen LogP contribution is -2.45. The first-order chi connectivity index (χ1) is 8.72. The van der Waals surface area contributed by atoms with E-state index in [2.05, 4.69) is 29.3 Å². The summed E-state index contributed by atoms with van der Waals surface area (Å²) in [6.07, 6.45) is 7.40. The quantitative estimate of drug-likeness (QED) is 0.741. The minimum absolute atomic E-state index is 0.179. The molecule has 0 saturated carbocycles. The Balaban J connectivity index is 1.51. The van der Waals surface area contributed by atoms with E-state index in [9.17, 15) is 4.79 Å². The molecule has 2 saturated heterocycles. The second-order valence-corrected chi connectivity index (χ2v) is 5.83. The molecule has 18 heavy (non-hydrogen) atoms. The van der Waals surface area contributed by atoms with Crippen LogP contribution in [0.3, 0.4) is 0 Å². The summed E-state index contributed by atoms with van der Waals surface area (Å²) in [5.41, 5.74) is 0. The normalized spacial score (nSPS) is 36.8. The Morgan fingerprint density at radius 3 is 2.89 bits per heavy atom. The van der Waals surface area contributed by atoms with Crippen molar-refractivity contribution < 1.29 is 9.53 Å². The van der Waals surface area contributed by atoms with E-state index in [-0.39, 0.29) is 11.8 Å². The van der Waals surface area contributed by atoms with Crippen molar-refractivity contribution in [1.29, 1.82) is 0 Å². The highest BCUT2D eigenvalue weighted by molar-refractivity contribution is 5.79. The smallest absolute Gasteiger partial charge is 0.223 e. The van der Waals surface area contributed by atoms with Crippen LogP contribution in [-0.4, -0.2) is 48.7 Å². The molecule has 0 aromatic rings. The van der Waals surface area contributed by atoms with Gasteiger partial charge in [-0.2, -0.15) is 0 Å². The topological polar surface area (TPSA) is 41.6 Å². The van der Waals surface area contributed by atoms with Gasteiger partial charge in [0.1, 0.15) is 0 Å². The van der Waals surface area contributed by atoms with Crippen LogP contribution >= 0.6 is 0 Å². The van der Waals surface area contributed by atoms with Gasteiger partial charge in [0.15, 0.2) is 0 Å². The highest BCUT2D eigenvalue weighted by Crippen LogP contribution is 2.24. The van der Waals surface area contributed by atoms with Crippen LogP contribution in [0.1, 0.15) is 26.2 Å². The number of nitrogens with zero attached hydrogens (tertiary/aromatic N) is 1. The zero-order chi connectivity index (χ0) is 12.5. The lowest BCUT2D eigenvalue weighted by molar-refractivity contribution is -0.125. The number of nitrogens with one attached hydrogen (secondary N) is 1. The van der Waals surface area contributed by atoms with E-state index in [0.717, 1.165) is 39.0 Å². The first-order valence-corrected chi connectivity index (χ1v) is 7.03. The summed E-state index contributed by atoms with van der Waals surface area (Å²) in [6, 6.07) is 0.824. The molecule has 3 atom stereocenters. The molecule has 4 nitrogen and oxygen atoms in total. The molecular formula is C14H22N2O2. The van der Waals surface area contributed by atoms with E-state index in [1.54, 1.807) is 0 Å². The van der Waals surface area contributed by atoms with Gasteiger partial charge in [0.05, 0.1) is 12.7 Å². The molecule has 1 N–H and O–H groups in total. The van der Waals surface area contributed by atoms with Gasteiger partial charge in [-0.05, 0) is 26.2 Å². The summed E-state index contributed by atoms with van der Waals surface area (Å²) in [7, 11) is 0. The number of rotatable bonds is 2. The Morgan fingerprint density at radius 2 is 2.11 bits per heavy atom. The van der Waals surface area contributed by atoms with Crippen LogP contribution in [0.25, 0.3) is 0 Å². The molecule has 0 aromatic carbocycles. The van der Waals surface area contributed by atoms with E-state index in [1.165, 1.54) is 0 Å². The van der Waals surface area contributed by atoms with Crippen LogP contribution in [-0.2, 0) is 9.53 Å². The van der Waals surface area contributed by atoms with Gasteiger partial charge < -0.3 is 10.1 Å². The van der Waals surface area contributed by atoms with Crippen LogP contribution in [0.2, 0.25) is 0 Å². The summed E-state index contributed by atoms with van der Waals surface area (Å²) in [4.78, 5) is 14.5. The van der Waals surface area contributed by atoms with E-state index in [4.69, 9.17) is 4.74 Å². The van der Waals surface area contributed by atoms with Gasteiger partial charge in [-0.25, -0.2) is 0 Å². The second kappa shape index (κ2) is 5.02. The van der Waals surface area contributed by atoms with Crippen LogP contribution in [0.4, 0.5) is 0 Å². The van der Waals surface area contributed by atoms with Crippen LogP contribution in [0.15, 0.2) is 12.2 Å². The summed E-state index contributed by atoms with van der Waals surface area (Å²) < 4.78 is 5.68. The van der Waals surface area contributed by atoms with E-state index in [1.807, 2.05) is 0 Å². The lowest BCUT2D eigenvalue weighted by atomic mass is 10.1. The molecule has 2 fully saturated rings. The maximum atomic E-state index is 12.1. The van der Waals surface area contributed by atoms with Gasteiger partial charge in [-0.15, -0.1) is 0 Å². The standard InChI is InChI=1S/C14H22N2O2/c1-10-7-16-8-12(6-13(16)9-18-10)15-14(17)11-4-2-3-5-11/h2-3,10-13H,4-9H2,1H3,(H,15,17)/t10-,12-,13+/m1/s1. The lowest BCUT2D eigenvalue weighted by Gasteiger charge is -2.33. The summed E-state index contributed by atoms with van der Waals surface area (Å²) in [5.74, 6) is 0.414. The average Bonchev–Trinajstić information content (AvgIpc) is 2.95. The predicted molar refractivity (Wildman–Crippen MR) is 69.2 cm³/mol. The Hall–Kier alpha value is -0.870. The van der Waals surface area contributed by atoms with Crippen molar-refractivity contribution in [3.8, 4) is 0 Å². The molecule has 3 aliphatic rings. The fourth-order valence-corrected chi connectivity index (χ4v) is 3.29. The summed E-state index contributed by atoms with van der Waals surface area (Å²) in [5, 5.41) is 3.22. The third kappa shape index (κ3) is 2.45. The maximum absolute atomic E-state index is 12.1. The molecule has 0 aromatic heterocycles. The second-order valence-electron chi connectivity index (χ2n) is 5.83. The molecular weight excluding hydrogens is 228 g/mol. The number of hydrogen-bond donors (Lipinski definition) is 1. The van der Waals surface area contributed by atoms with Crippen molar-refractivity contribution in [1.82, 2.24) is 10.2 Å². The number of allylic oxidation sites excluding steroid dienone is 2.